The van der Waals surface area contributed by atoms with Crippen molar-refractivity contribution in [2.75, 3.05) is 0 Å². The van der Waals surface area contributed by atoms with Crippen LogP contribution in [0.1, 0.15) is 48.2 Å². The molecule has 0 atom stereocenters. The van der Waals surface area contributed by atoms with Gasteiger partial charge in [0.15, 0.2) is 6.29 Å². The summed E-state index contributed by atoms with van der Waals surface area (Å²) >= 11 is 0. The van der Waals surface area contributed by atoms with Crippen LogP contribution in [0.15, 0.2) is 12.3 Å². The second-order valence-corrected chi connectivity index (χ2v) is 4.68. The van der Waals surface area contributed by atoms with Gasteiger partial charge in [-0.05, 0) is 24.8 Å². The van der Waals surface area contributed by atoms with E-state index in [1.165, 1.54) is 37.8 Å². The number of hydrogen-bond acceptors (Lipinski definition) is 1. The van der Waals surface area contributed by atoms with Gasteiger partial charge in [-0.3, -0.25) is 4.79 Å². The zero-order valence-corrected chi connectivity index (χ0v) is 9.41. The quantitative estimate of drug-likeness (QED) is 0.693. The first kappa shape index (κ1) is 10.5. The summed E-state index contributed by atoms with van der Waals surface area (Å²) in [6.07, 6.45) is 10.9. The maximum atomic E-state index is 10.6. The number of carbonyl (C=O) groups is 1. The standard InChI is InChI=1S/C13H19NO/c1-14-9-12(10-15)8-13(14)7-6-11-4-2-3-5-11/h8-11H,2-7H2,1H3. The molecule has 0 amide bonds. The Morgan fingerprint density at radius 1 is 1.47 bits per heavy atom. The molecule has 15 heavy (non-hydrogen) atoms. The molecule has 0 unspecified atom stereocenters. The highest BCUT2D eigenvalue weighted by atomic mass is 16.1. The predicted octanol–water partition coefficient (Wildman–Crippen LogP) is 2.96. The number of hydrogen-bond donors (Lipinski definition) is 0. The van der Waals surface area contributed by atoms with Gasteiger partial charge in [0.25, 0.3) is 0 Å². The van der Waals surface area contributed by atoms with Crippen molar-refractivity contribution in [3.05, 3.63) is 23.5 Å². The summed E-state index contributed by atoms with van der Waals surface area (Å²) in [7, 11) is 2.02. The molecular weight excluding hydrogens is 186 g/mol. The van der Waals surface area contributed by atoms with Crippen LogP contribution in [0.25, 0.3) is 0 Å². The van der Waals surface area contributed by atoms with Crippen LogP contribution in [0.5, 0.6) is 0 Å². The van der Waals surface area contributed by atoms with Gasteiger partial charge < -0.3 is 4.57 Å². The predicted molar refractivity (Wildman–Crippen MR) is 61.1 cm³/mol. The molecule has 2 rings (SSSR count). The fourth-order valence-corrected chi connectivity index (χ4v) is 2.60. The first-order valence-corrected chi connectivity index (χ1v) is 5.90. The minimum atomic E-state index is 0.805. The molecular formula is C13H19NO. The van der Waals surface area contributed by atoms with E-state index in [0.29, 0.717) is 0 Å². The molecule has 0 saturated heterocycles. The first-order chi connectivity index (χ1) is 7.29. The molecule has 0 spiro atoms. The maximum Gasteiger partial charge on any atom is 0.151 e. The van der Waals surface area contributed by atoms with Crippen LogP contribution in [0, 0.1) is 5.92 Å². The van der Waals surface area contributed by atoms with Gasteiger partial charge in [0.1, 0.15) is 0 Å². The molecule has 1 aromatic heterocycles. The summed E-state index contributed by atoms with van der Waals surface area (Å²) in [5.74, 6) is 0.930. The average molecular weight is 205 g/mol. The van der Waals surface area contributed by atoms with Gasteiger partial charge in [0, 0.05) is 24.5 Å². The van der Waals surface area contributed by atoms with Gasteiger partial charge >= 0.3 is 0 Å². The normalized spacial score (nSPS) is 17.1. The van der Waals surface area contributed by atoms with E-state index >= 15 is 0 Å². The SMILES string of the molecule is Cn1cc(C=O)cc1CCC1CCCC1. The Bertz CT molecular complexity index is 334. The molecule has 1 aliphatic carbocycles. The average Bonchev–Trinajstić information content (AvgIpc) is 2.84. The third-order valence-corrected chi connectivity index (χ3v) is 3.55. The van der Waals surface area contributed by atoms with Crippen molar-refractivity contribution >= 4 is 6.29 Å². The summed E-state index contributed by atoms with van der Waals surface area (Å²) in [5, 5.41) is 0. The summed E-state index contributed by atoms with van der Waals surface area (Å²) in [5.41, 5.74) is 2.10. The molecule has 0 aliphatic heterocycles. The van der Waals surface area contributed by atoms with Gasteiger partial charge in [0.2, 0.25) is 0 Å². The molecule has 2 heteroatoms. The molecule has 1 heterocycles. The number of aldehydes is 1. The lowest BCUT2D eigenvalue weighted by Gasteiger charge is -2.08. The number of nitrogens with zero attached hydrogens (tertiary/aromatic N) is 1. The molecule has 82 valence electrons. The zero-order valence-electron chi connectivity index (χ0n) is 9.41. The molecule has 1 fully saturated rings. The third-order valence-electron chi connectivity index (χ3n) is 3.55. The molecule has 2 nitrogen and oxygen atoms in total. The second-order valence-electron chi connectivity index (χ2n) is 4.68. The Hall–Kier alpha value is -1.05. The first-order valence-electron chi connectivity index (χ1n) is 5.90. The summed E-state index contributed by atoms with van der Waals surface area (Å²) in [4.78, 5) is 10.6. The molecule has 1 aromatic rings. The van der Waals surface area contributed by atoms with E-state index in [1.54, 1.807) is 0 Å². The fourth-order valence-electron chi connectivity index (χ4n) is 2.60. The van der Waals surface area contributed by atoms with Gasteiger partial charge in [-0.2, -0.15) is 0 Å². The summed E-state index contributed by atoms with van der Waals surface area (Å²) in [6, 6.07) is 2.02. The van der Waals surface area contributed by atoms with E-state index in [0.717, 1.165) is 24.2 Å². The second kappa shape index (κ2) is 4.65. The number of carbonyl (C=O) groups excluding carboxylic acids is 1. The van der Waals surface area contributed by atoms with E-state index in [2.05, 4.69) is 4.57 Å². The molecule has 1 aliphatic rings. The van der Waals surface area contributed by atoms with Crippen molar-refractivity contribution in [3.8, 4) is 0 Å². The third kappa shape index (κ3) is 2.49. The number of aromatic nitrogens is 1. The monoisotopic (exact) mass is 205 g/mol. The fraction of sp³-hybridized carbons (Fsp3) is 0.615. The van der Waals surface area contributed by atoms with Gasteiger partial charge in [0.05, 0.1) is 0 Å². The van der Waals surface area contributed by atoms with Crippen LogP contribution in [-0.4, -0.2) is 10.9 Å². The zero-order chi connectivity index (χ0) is 10.7. The van der Waals surface area contributed by atoms with Crippen LogP contribution in [0.2, 0.25) is 0 Å². The van der Waals surface area contributed by atoms with Crippen molar-refractivity contribution in [1.29, 1.82) is 0 Å². The van der Waals surface area contributed by atoms with Gasteiger partial charge in [-0.25, -0.2) is 0 Å². The van der Waals surface area contributed by atoms with Crippen molar-refractivity contribution in [3.63, 3.8) is 0 Å². The molecule has 0 radical (unpaired) electrons. The highest BCUT2D eigenvalue weighted by molar-refractivity contribution is 5.74. The summed E-state index contributed by atoms with van der Waals surface area (Å²) in [6.45, 7) is 0. The van der Waals surface area contributed by atoms with Gasteiger partial charge in [-0.15, -0.1) is 0 Å². The van der Waals surface area contributed by atoms with Crippen LogP contribution in [-0.2, 0) is 13.5 Å². The topological polar surface area (TPSA) is 22.0 Å². The molecule has 0 bridgehead atoms. The van der Waals surface area contributed by atoms with E-state index in [1.807, 2.05) is 19.3 Å². The van der Waals surface area contributed by atoms with E-state index in [4.69, 9.17) is 0 Å². The Labute approximate surface area is 91.3 Å². The Morgan fingerprint density at radius 2 is 2.20 bits per heavy atom. The number of aryl methyl sites for hydroxylation is 2. The van der Waals surface area contributed by atoms with Crippen LogP contribution >= 0.6 is 0 Å². The van der Waals surface area contributed by atoms with Gasteiger partial charge in [-0.1, -0.05) is 25.7 Å². The van der Waals surface area contributed by atoms with Crippen LogP contribution < -0.4 is 0 Å². The highest BCUT2D eigenvalue weighted by Crippen LogP contribution is 2.28. The minimum absolute atomic E-state index is 0.805. The van der Waals surface area contributed by atoms with Crippen LogP contribution in [0.4, 0.5) is 0 Å². The lowest BCUT2D eigenvalue weighted by atomic mass is 10.0. The lowest BCUT2D eigenvalue weighted by Crippen LogP contribution is -2.00. The molecule has 0 aromatic carbocycles. The molecule has 1 saturated carbocycles. The van der Waals surface area contributed by atoms with Crippen molar-refractivity contribution in [2.45, 2.75) is 38.5 Å². The maximum absolute atomic E-state index is 10.6. The Morgan fingerprint density at radius 3 is 2.80 bits per heavy atom. The molecule has 0 N–H and O–H groups in total. The smallest absolute Gasteiger partial charge is 0.151 e. The van der Waals surface area contributed by atoms with E-state index in [9.17, 15) is 4.79 Å². The minimum Gasteiger partial charge on any atom is -0.354 e. The van der Waals surface area contributed by atoms with Crippen molar-refractivity contribution < 1.29 is 4.79 Å². The van der Waals surface area contributed by atoms with E-state index < -0.39 is 0 Å². The Kier molecular flexibility index (Phi) is 3.24. The van der Waals surface area contributed by atoms with Crippen LogP contribution in [0.3, 0.4) is 0 Å². The highest BCUT2D eigenvalue weighted by Gasteiger charge is 2.15. The number of rotatable bonds is 4. The Balaban J connectivity index is 1.91. The lowest BCUT2D eigenvalue weighted by molar-refractivity contribution is 0.112. The van der Waals surface area contributed by atoms with Crippen molar-refractivity contribution in [1.82, 2.24) is 4.57 Å². The van der Waals surface area contributed by atoms with Crippen molar-refractivity contribution in [2.24, 2.45) is 13.0 Å². The summed E-state index contributed by atoms with van der Waals surface area (Å²) < 4.78 is 2.08. The largest absolute Gasteiger partial charge is 0.354 e. The van der Waals surface area contributed by atoms with E-state index in [-0.39, 0.29) is 0 Å².